The molecule has 3 saturated heterocycles. The van der Waals surface area contributed by atoms with Gasteiger partial charge in [0.1, 0.15) is 0 Å². The molecule has 3 aliphatic rings. The van der Waals surface area contributed by atoms with Gasteiger partial charge in [-0.2, -0.15) is 0 Å². The quantitative estimate of drug-likeness (QED) is 0.732. The SMILES string of the molecule is O=C(NC[C@H]([C@@H]1CCOC1)N1CCOCC1)Nc1cccc(CN2CCCC2)c1. The lowest BCUT2D eigenvalue weighted by molar-refractivity contribution is 0.00222. The average Bonchev–Trinajstić information content (AvgIpc) is 3.44. The van der Waals surface area contributed by atoms with Crippen molar-refractivity contribution in [1.29, 1.82) is 0 Å². The first-order chi connectivity index (χ1) is 14.3. The molecule has 29 heavy (non-hydrogen) atoms. The molecule has 4 rings (SSSR count). The molecule has 3 heterocycles. The molecule has 2 atom stereocenters. The second kappa shape index (κ2) is 10.4. The van der Waals surface area contributed by atoms with Crippen molar-refractivity contribution < 1.29 is 14.3 Å². The van der Waals surface area contributed by atoms with Gasteiger partial charge >= 0.3 is 6.03 Å². The Balaban J connectivity index is 1.29. The second-order valence-corrected chi connectivity index (χ2v) is 8.36. The fraction of sp³-hybridized carbons (Fsp3) is 0.682. The van der Waals surface area contributed by atoms with Gasteiger partial charge in [0.2, 0.25) is 0 Å². The summed E-state index contributed by atoms with van der Waals surface area (Å²) >= 11 is 0. The number of likely N-dealkylation sites (tertiary alicyclic amines) is 1. The van der Waals surface area contributed by atoms with Crippen LogP contribution in [0.3, 0.4) is 0 Å². The summed E-state index contributed by atoms with van der Waals surface area (Å²) in [5, 5.41) is 6.11. The molecule has 2 amide bonds. The number of anilines is 1. The number of amides is 2. The number of ether oxygens (including phenoxy) is 2. The van der Waals surface area contributed by atoms with Crippen LogP contribution in [0.5, 0.6) is 0 Å². The maximum absolute atomic E-state index is 12.6. The average molecular weight is 403 g/mol. The standard InChI is InChI=1S/C22H34N4O3/c27-22(24-20-5-3-4-18(14-20)16-25-7-1-2-8-25)23-15-21(19-6-11-29-17-19)26-9-12-28-13-10-26/h3-5,14,19,21H,1-2,6-13,15-17H2,(H2,23,24,27)/t19-,21-/m1/s1. The first-order valence-electron chi connectivity index (χ1n) is 11.0. The van der Waals surface area contributed by atoms with Crippen LogP contribution in [0.1, 0.15) is 24.8 Å². The molecule has 1 aromatic rings. The molecule has 2 N–H and O–H groups in total. The fourth-order valence-electron chi connectivity index (χ4n) is 4.68. The molecule has 3 aliphatic heterocycles. The third-order valence-corrected chi connectivity index (χ3v) is 6.29. The molecule has 0 unspecified atom stereocenters. The van der Waals surface area contributed by atoms with Crippen LogP contribution in [-0.4, -0.2) is 81.0 Å². The Kier molecular flexibility index (Phi) is 7.38. The summed E-state index contributed by atoms with van der Waals surface area (Å²) in [6, 6.07) is 8.36. The number of carbonyl (C=O) groups excluding carboxylic acids is 1. The molecule has 7 nitrogen and oxygen atoms in total. The number of urea groups is 1. The van der Waals surface area contributed by atoms with Crippen LogP contribution in [0.2, 0.25) is 0 Å². The van der Waals surface area contributed by atoms with Crippen molar-refractivity contribution in [3.8, 4) is 0 Å². The minimum absolute atomic E-state index is 0.138. The fourth-order valence-corrected chi connectivity index (χ4v) is 4.68. The van der Waals surface area contributed by atoms with Crippen LogP contribution in [0, 0.1) is 5.92 Å². The van der Waals surface area contributed by atoms with E-state index in [-0.39, 0.29) is 6.03 Å². The maximum atomic E-state index is 12.6. The molecular formula is C22H34N4O3. The third kappa shape index (κ3) is 5.92. The van der Waals surface area contributed by atoms with Gasteiger partial charge in [0.15, 0.2) is 0 Å². The molecule has 0 aromatic heterocycles. The van der Waals surface area contributed by atoms with E-state index < -0.39 is 0 Å². The first-order valence-corrected chi connectivity index (χ1v) is 11.0. The highest BCUT2D eigenvalue weighted by Gasteiger charge is 2.31. The predicted molar refractivity (Wildman–Crippen MR) is 113 cm³/mol. The van der Waals surface area contributed by atoms with Gasteiger partial charge < -0.3 is 20.1 Å². The molecule has 0 bridgehead atoms. The molecule has 160 valence electrons. The van der Waals surface area contributed by atoms with E-state index in [9.17, 15) is 4.79 Å². The van der Waals surface area contributed by atoms with Crippen LogP contribution < -0.4 is 10.6 Å². The molecule has 0 aliphatic carbocycles. The Bertz CT molecular complexity index is 653. The summed E-state index contributed by atoms with van der Waals surface area (Å²) < 4.78 is 11.1. The van der Waals surface area contributed by atoms with Gasteiger partial charge in [0.25, 0.3) is 0 Å². The van der Waals surface area contributed by atoms with Gasteiger partial charge in [-0.25, -0.2) is 4.79 Å². The Labute approximate surface area is 173 Å². The smallest absolute Gasteiger partial charge is 0.319 e. The molecule has 0 saturated carbocycles. The van der Waals surface area contributed by atoms with E-state index in [1.54, 1.807) is 0 Å². The van der Waals surface area contributed by atoms with E-state index in [2.05, 4.69) is 32.6 Å². The van der Waals surface area contributed by atoms with Crippen molar-refractivity contribution in [3.05, 3.63) is 29.8 Å². The number of rotatable bonds is 7. The van der Waals surface area contributed by atoms with E-state index in [0.29, 0.717) is 18.5 Å². The van der Waals surface area contributed by atoms with Gasteiger partial charge in [0.05, 0.1) is 19.8 Å². The second-order valence-electron chi connectivity index (χ2n) is 8.36. The van der Waals surface area contributed by atoms with E-state index in [1.165, 1.54) is 31.5 Å². The Morgan fingerprint density at radius 1 is 1.10 bits per heavy atom. The van der Waals surface area contributed by atoms with Gasteiger partial charge in [-0.15, -0.1) is 0 Å². The van der Waals surface area contributed by atoms with Gasteiger partial charge in [-0.1, -0.05) is 12.1 Å². The highest BCUT2D eigenvalue weighted by atomic mass is 16.5. The van der Waals surface area contributed by atoms with Crippen LogP contribution in [-0.2, 0) is 16.0 Å². The number of hydrogen-bond donors (Lipinski definition) is 2. The highest BCUT2D eigenvalue weighted by molar-refractivity contribution is 5.89. The number of benzene rings is 1. The molecule has 3 fully saturated rings. The summed E-state index contributed by atoms with van der Waals surface area (Å²) in [7, 11) is 0. The van der Waals surface area contributed by atoms with Crippen molar-refractivity contribution in [2.24, 2.45) is 5.92 Å². The first kappa shape index (κ1) is 20.6. The highest BCUT2D eigenvalue weighted by Crippen LogP contribution is 2.22. The monoisotopic (exact) mass is 402 g/mol. The maximum Gasteiger partial charge on any atom is 0.319 e. The number of hydrogen-bond acceptors (Lipinski definition) is 5. The van der Waals surface area contributed by atoms with E-state index in [4.69, 9.17) is 9.47 Å². The van der Waals surface area contributed by atoms with Gasteiger partial charge in [-0.05, 0) is 50.0 Å². The van der Waals surface area contributed by atoms with Crippen molar-refractivity contribution in [3.63, 3.8) is 0 Å². The van der Waals surface area contributed by atoms with Gasteiger partial charge in [0, 0.05) is 50.4 Å². The Hall–Kier alpha value is -1.67. The van der Waals surface area contributed by atoms with Crippen molar-refractivity contribution >= 4 is 11.7 Å². The summed E-state index contributed by atoms with van der Waals surface area (Å²) in [6.45, 7) is 8.90. The van der Waals surface area contributed by atoms with Crippen molar-refractivity contribution in [1.82, 2.24) is 15.1 Å². The van der Waals surface area contributed by atoms with Crippen LogP contribution in [0.4, 0.5) is 10.5 Å². The van der Waals surface area contributed by atoms with Crippen molar-refractivity contribution in [2.45, 2.75) is 31.8 Å². The van der Waals surface area contributed by atoms with E-state index >= 15 is 0 Å². The molecule has 0 spiro atoms. The van der Waals surface area contributed by atoms with Crippen molar-refractivity contribution in [2.75, 3.05) is 64.5 Å². The normalized spacial score (nSPS) is 24.5. The van der Waals surface area contributed by atoms with Crippen LogP contribution in [0.25, 0.3) is 0 Å². The number of nitrogens with zero attached hydrogens (tertiary/aromatic N) is 2. The summed E-state index contributed by atoms with van der Waals surface area (Å²) in [5.74, 6) is 0.470. The topological polar surface area (TPSA) is 66.1 Å². The van der Waals surface area contributed by atoms with E-state index in [0.717, 1.165) is 58.2 Å². The zero-order valence-corrected chi connectivity index (χ0v) is 17.3. The lowest BCUT2D eigenvalue weighted by Gasteiger charge is -2.37. The molecule has 7 heteroatoms. The van der Waals surface area contributed by atoms with E-state index in [1.807, 2.05) is 12.1 Å². The largest absolute Gasteiger partial charge is 0.381 e. The number of carbonyl (C=O) groups is 1. The predicted octanol–water partition coefficient (Wildman–Crippen LogP) is 2.14. The lowest BCUT2D eigenvalue weighted by Crippen LogP contribution is -2.52. The third-order valence-electron chi connectivity index (χ3n) is 6.29. The molecule has 1 aromatic carbocycles. The number of nitrogens with one attached hydrogen (secondary N) is 2. The summed E-state index contributed by atoms with van der Waals surface area (Å²) in [4.78, 5) is 17.5. The van der Waals surface area contributed by atoms with Crippen LogP contribution >= 0.6 is 0 Å². The number of morpholine rings is 1. The van der Waals surface area contributed by atoms with Gasteiger partial charge in [-0.3, -0.25) is 9.80 Å². The van der Waals surface area contributed by atoms with Crippen LogP contribution in [0.15, 0.2) is 24.3 Å². The Morgan fingerprint density at radius 2 is 1.93 bits per heavy atom. The minimum Gasteiger partial charge on any atom is -0.381 e. The Morgan fingerprint density at radius 3 is 2.69 bits per heavy atom. The lowest BCUT2D eigenvalue weighted by atomic mass is 9.97. The summed E-state index contributed by atoms with van der Waals surface area (Å²) in [5.41, 5.74) is 2.10. The zero-order chi connectivity index (χ0) is 19.9. The minimum atomic E-state index is -0.138. The summed E-state index contributed by atoms with van der Waals surface area (Å²) in [6.07, 6.45) is 3.64. The molecule has 0 radical (unpaired) electrons. The zero-order valence-electron chi connectivity index (χ0n) is 17.3. The molecular weight excluding hydrogens is 368 g/mol.